The largest absolute Gasteiger partial charge is 0.497 e. The minimum absolute atomic E-state index is 0.0561. The highest BCUT2D eigenvalue weighted by Crippen LogP contribution is 2.35. The fourth-order valence-corrected chi connectivity index (χ4v) is 5.05. The van der Waals surface area contributed by atoms with E-state index in [1.165, 1.54) is 11.3 Å². The van der Waals surface area contributed by atoms with E-state index in [-0.39, 0.29) is 23.8 Å². The van der Waals surface area contributed by atoms with Crippen molar-refractivity contribution >= 4 is 23.2 Å². The molecule has 6 heteroatoms. The quantitative estimate of drug-likeness (QED) is 0.783. The highest BCUT2D eigenvalue weighted by atomic mass is 32.1. The molecule has 0 bridgehead atoms. The molecule has 4 rings (SSSR count). The number of hydrogen-bond acceptors (Lipinski definition) is 4. The minimum Gasteiger partial charge on any atom is -0.497 e. The second kappa shape index (κ2) is 8.35. The molecule has 0 radical (unpaired) electrons. The smallest absolute Gasteiger partial charge is 0.263 e. The number of methoxy groups -OCH3 is 1. The summed E-state index contributed by atoms with van der Waals surface area (Å²) in [5, 5.41) is 1.92. The summed E-state index contributed by atoms with van der Waals surface area (Å²) in [6.07, 6.45) is 3.75. The molecule has 148 valence electrons. The van der Waals surface area contributed by atoms with Gasteiger partial charge in [0.1, 0.15) is 5.75 Å². The van der Waals surface area contributed by atoms with Crippen LogP contribution < -0.4 is 4.74 Å². The third-order valence-electron chi connectivity index (χ3n) is 5.83. The van der Waals surface area contributed by atoms with E-state index < -0.39 is 0 Å². The fraction of sp³-hybridized carbons (Fsp3) is 0.455. The average Bonchev–Trinajstić information content (AvgIpc) is 3.45. The normalized spacial score (nSPS) is 22.3. The van der Waals surface area contributed by atoms with E-state index in [1.54, 1.807) is 7.11 Å². The van der Waals surface area contributed by atoms with Gasteiger partial charge in [0.05, 0.1) is 23.9 Å². The summed E-state index contributed by atoms with van der Waals surface area (Å²) in [4.78, 5) is 30.7. The van der Waals surface area contributed by atoms with Crippen LogP contribution in [0.3, 0.4) is 0 Å². The Hall–Kier alpha value is -2.34. The standard InChI is InChI=1S/C22H26N2O3S/c1-27-18-10-8-16(9-11-18)19-6-3-13-24(19)21(25)17-5-2-12-23(15-17)22(26)20-7-4-14-28-20/h4,7-11,14,17,19H,2-3,5-6,12-13,15H2,1H3/t17-,19-/m1/s1. The van der Waals surface area contributed by atoms with Gasteiger partial charge >= 0.3 is 0 Å². The van der Waals surface area contributed by atoms with E-state index >= 15 is 0 Å². The number of benzene rings is 1. The highest BCUT2D eigenvalue weighted by Gasteiger charge is 2.36. The second-order valence-electron chi connectivity index (χ2n) is 7.53. The molecule has 2 amide bonds. The lowest BCUT2D eigenvalue weighted by atomic mass is 9.95. The van der Waals surface area contributed by atoms with Crippen LogP contribution in [0.25, 0.3) is 0 Å². The van der Waals surface area contributed by atoms with Crippen LogP contribution in [0.1, 0.15) is 47.0 Å². The maximum atomic E-state index is 13.3. The predicted octanol–water partition coefficient (Wildman–Crippen LogP) is 3.97. The summed E-state index contributed by atoms with van der Waals surface area (Å²) in [5.74, 6) is 0.980. The van der Waals surface area contributed by atoms with E-state index in [2.05, 4.69) is 12.1 Å². The number of carbonyl (C=O) groups excluding carboxylic acids is 2. The zero-order chi connectivity index (χ0) is 19.5. The number of amides is 2. The van der Waals surface area contributed by atoms with Gasteiger partial charge in [-0.1, -0.05) is 18.2 Å². The Bertz CT molecular complexity index is 819. The van der Waals surface area contributed by atoms with Gasteiger partial charge < -0.3 is 14.5 Å². The van der Waals surface area contributed by atoms with Crippen LogP contribution in [0, 0.1) is 5.92 Å². The van der Waals surface area contributed by atoms with Crippen molar-refractivity contribution in [3.05, 3.63) is 52.2 Å². The Morgan fingerprint density at radius 1 is 1.07 bits per heavy atom. The molecule has 0 aliphatic carbocycles. The molecule has 1 aromatic carbocycles. The molecule has 2 aliphatic heterocycles. The monoisotopic (exact) mass is 398 g/mol. The lowest BCUT2D eigenvalue weighted by Gasteiger charge is -2.35. The van der Waals surface area contributed by atoms with Crippen molar-refractivity contribution < 1.29 is 14.3 Å². The van der Waals surface area contributed by atoms with E-state index in [0.717, 1.165) is 55.0 Å². The second-order valence-corrected chi connectivity index (χ2v) is 8.48. The van der Waals surface area contributed by atoms with Crippen LogP contribution in [0.4, 0.5) is 0 Å². The van der Waals surface area contributed by atoms with Crippen LogP contribution in [0.15, 0.2) is 41.8 Å². The van der Waals surface area contributed by atoms with Gasteiger partial charge in [0.15, 0.2) is 0 Å². The molecular formula is C22H26N2O3S. The summed E-state index contributed by atoms with van der Waals surface area (Å²) in [7, 11) is 1.66. The molecule has 5 nitrogen and oxygen atoms in total. The molecular weight excluding hydrogens is 372 g/mol. The number of rotatable bonds is 4. The fourth-order valence-electron chi connectivity index (χ4n) is 4.36. The van der Waals surface area contributed by atoms with Gasteiger partial charge in [0.2, 0.25) is 5.91 Å². The van der Waals surface area contributed by atoms with Gasteiger partial charge in [-0.25, -0.2) is 0 Å². The molecule has 1 aromatic heterocycles. The first-order valence-electron chi connectivity index (χ1n) is 9.94. The van der Waals surface area contributed by atoms with Crippen LogP contribution in [-0.4, -0.2) is 48.4 Å². The van der Waals surface area contributed by atoms with Gasteiger partial charge in [-0.2, -0.15) is 0 Å². The number of likely N-dealkylation sites (tertiary alicyclic amines) is 2. The van der Waals surface area contributed by atoms with Crippen LogP contribution >= 0.6 is 11.3 Å². The zero-order valence-corrected chi connectivity index (χ0v) is 17.0. The maximum absolute atomic E-state index is 13.3. The first-order chi connectivity index (χ1) is 13.7. The molecule has 0 N–H and O–H groups in total. The van der Waals surface area contributed by atoms with Gasteiger partial charge in [0, 0.05) is 19.6 Å². The Balaban J connectivity index is 1.45. The number of nitrogens with zero attached hydrogens (tertiary/aromatic N) is 2. The maximum Gasteiger partial charge on any atom is 0.263 e. The lowest BCUT2D eigenvalue weighted by Crippen LogP contribution is -2.46. The highest BCUT2D eigenvalue weighted by molar-refractivity contribution is 7.12. The van der Waals surface area contributed by atoms with Crippen molar-refractivity contribution in [1.29, 1.82) is 0 Å². The summed E-state index contributed by atoms with van der Waals surface area (Å²) in [5.41, 5.74) is 1.16. The van der Waals surface area contributed by atoms with Crippen molar-refractivity contribution in [2.75, 3.05) is 26.7 Å². The average molecular weight is 399 g/mol. The number of ether oxygens (including phenoxy) is 1. The molecule has 0 unspecified atom stereocenters. The van der Waals surface area contributed by atoms with Gasteiger partial charge in [0.25, 0.3) is 5.91 Å². The molecule has 0 spiro atoms. The molecule has 2 aromatic rings. The molecule has 0 saturated carbocycles. The van der Waals surface area contributed by atoms with Crippen molar-refractivity contribution in [3.63, 3.8) is 0 Å². The molecule has 2 saturated heterocycles. The molecule has 3 heterocycles. The molecule has 2 fully saturated rings. The predicted molar refractivity (Wildman–Crippen MR) is 110 cm³/mol. The SMILES string of the molecule is COc1ccc([C@H]2CCCN2C(=O)[C@@H]2CCCN(C(=O)c3cccs3)C2)cc1. The Morgan fingerprint density at radius 2 is 1.86 bits per heavy atom. The first-order valence-corrected chi connectivity index (χ1v) is 10.8. The Morgan fingerprint density at radius 3 is 2.57 bits per heavy atom. The topological polar surface area (TPSA) is 49.9 Å². The number of hydrogen-bond donors (Lipinski definition) is 0. The van der Waals surface area contributed by atoms with Gasteiger partial charge in [-0.05, 0) is 54.8 Å². The third-order valence-corrected chi connectivity index (χ3v) is 6.68. The van der Waals surface area contributed by atoms with Gasteiger partial charge in [-0.3, -0.25) is 9.59 Å². The Labute approximate surface area is 169 Å². The Kier molecular flexibility index (Phi) is 5.67. The molecule has 2 aliphatic rings. The van der Waals surface area contributed by atoms with Crippen LogP contribution in [0.5, 0.6) is 5.75 Å². The molecule has 2 atom stereocenters. The van der Waals surface area contributed by atoms with Gasteiger partial charge in [-0.15, -0.1) is 11.3 Å². The summed E-state index contributed by atoms with van der Waals surface area (Å²) in [6, 6.07) is 11.9. The van der Waals surface area contributed by atoms with Crippen molar-refractivity contribution in [2.45, 2.75) is 31.7 Å². The number of carbonyl (C=O) groups is 2. The summed E-state index contributed by atoms with van der Waals surface area (Å²) in [6.45, 7) is 2.06. The van der Waals surface area contributed by atoms with E-state index in [0.29, 0.717) is 6.54 Å². The molecule has 28 heavy (non-hydrogen) atoms. The van der Waals surface area contributed by atoms with Crippen molar-refractivity contribution in [3.8, 4) is 5.75 Å². The summed E-state index contributed by atoms with van der Waals surface area (Å²) >= 11 is 1.46. The number of thiophene rings is 1. The zero-order valence-electron chi connectivity index (χ0n) is 16.2. The summed E-state index contributed by atoms with van der Waals surface area (Å²) < 4.78 is 5.25. The van der Waals surface area contributed by atoms with Crippen LogP contribution in [0.2, 0.25) is 0 Å². The van der Waals surface area contributed by atoms with Crippen molar-refractivity contribution in [2.24, 2.45) is 5.92 Å². The van der Waals surface area contributed by atoms with Crippen molar-refractivity contribution in [1.82, 2.24) is 9.80 Å². The van der Waals surface area contributed by atoms with E-state index in [4.69, 9.17) is 4.74 Å². The lowest BCUT2D eigenvalue weighted by molar-refractivity contribution is -0.137. The van der Waals surface area contributed by atoms with E-state index in [1.807, 2.05) is 39.4 Å². The number of piperidine rings is 1. The van der Waals surface area contributed by atoms with Crippen LogP contribution in [-0.2, 0) is 4.79 Å². The third kappa shape index (κ3) is 3.78. The minimum atomic E-state index is -0.100. The van der Waals surface area contributed by atoms with E-state index in [9.17, 15) is 9.59 Å². The first kappa shape index (κ1) is 19.0.